The molecule has 0 aromatic heterocycles. The molecule has 0 bridgehead atoms. The van der Waals surface area contributed by atoms with Crippen LogP contribution in [0.15, 0.2) is 53.0 Å². The number of carbonyl (C=O) groups excluding carboxylic acids is 1. The van der Waals surface area contributed by atoms with Gasteiger partial charge in [-0.25, -0.2) is 0 Å². The summed E-state index contributed by atoms with van der Waals surface area (Å²) in [5.74, 6) is 1.38. The molecule has 2 atom stereocenters. The van der Waals surface area contributed by atoms with Crippen molar-refractivity contribution in [3.8, 4) is 5.75 Å². The first-order valence-electron chi connectivity index (χ1n) is 10.00. The lowest BCUT2D eigenvalue weighted by Crippen LogP contribution is -2.37. The van der Waals surface area contributed by atoms with Gasteiger partial charge in [0.15, 0.2) is 6.10 Å². The summed E-state index contributed by atoms with van der Waals surface area (Å²) >= 11 is 3.39. The van der Waals surface area contributed by atoms with Gasteiger partial charge in [-0.2, -0.15) is 0 Å². The average molecular weight is 445 g/mol. The number of anilines is 1. The molecular formula is C23H29BrN2O2. The average Bonchev–Trinajstić information content (AvgIpc) is 2.70. The molecule has 0 radical (unpaired) electrons. The minimum Gasteiger partial charge on any atom is -0.481 e. The maximum Gasteiger partial charge on any atom is 0.261 e. The number of rotatable bonds is 6. The smallest absolute Gasteiger partial charge is 0.261 e. The van der Waals surface area contributed by atoms with Gasteiger partial charge in [-0.05, 0) is 74.6 Å². The first-order chi connectivity index (χ1) is 13.4. The van der Waals surface area contributed by atoms with Gasteiger partial charge in [-0.15, -0.1) is 0 Å². The Morgan fingerprint density at radius 2 is 1.68 bits per heavy atom. The SMILES string of the molecule is CC1CCN(c2ccc([C@@H](C)NC(=O)[C@H](C)Oc3ccc(Br)cc3)cc2)CC1. The molecule has 0 unspecified atom stereocenters. The molecule has 1 amide bonds. The molecule has 0 aliphatic carbocycles. The minimum absolute atomic E-state index is 0.0705. The molecule has 1 aliphatic rings. The first-order valence-corrected chi connectivity index (χ1v) is 10.8. The van der Waals surface area contributed by atoms with E-state index in [0.29, 0.717) is 5.75 Å². The van der Waals surface area contributed by atoms with Gasteiger partial charge in [0.1, 0.15) is 5.75 Å². The molecule has 1 aliphatic heterocycles. The highest BCUT2D eigenvalue weighted by Crippen LogP contribution is 2.25. The zero-order chi connectivity index (χ0) is 20.1. The summed E-state index contributed by atoms with van der Waals surface area (Å²) in [4.78, 5) is 14.9. The lowest BCUT2D eigenvalue weighted by molar-refractivity contribution is -0.127. The number of benzene rings is 2. The van der Waals surface area contributed by atoms with E-state index in [1.165, 1.54) is 18.5 Å². The molecule has 2 aromatic rings. The van der Waals surface area contributed by atoms with Crippen molar-refractivity contribution >= 4 is 27.5 Å². The first kappa shape index (κ1) is 20.7. The van der Waals surface area contributed by atoms with Gasteiger partial charge in [0.2, 0.25) is 0 Å². The van der Waals surface area contributed by atoms with Crippen molar-refractivity contribution in [2.45, 2.75) is 45.8 Å². The number of carbonyl (C=O) groups is 1. The molecule has 1 heterocycles. The number of ether oxygens (including phenoxy) is 1. The van der Waals surface area contributed by atoms with Crippen LogP contribution in [-0.2, 0) is 4.79 Å². The van der Waals surface area contributed by atoms with Crippen molar-refractivity contribution in [1.82, 2.24) is 5.32 Å². The number of hydrogen-bond donors (Lipinski definition) is 1. The van der Waals surface area contributed by atoms with Gasteiger partial charge in [-0.3, -0.25) is 4.79 Å². The minimum atomic E-state index is -0.557. The second kappa shape index (κ2) is 9.46. The van der Waals surface area contributed by atoms with Crippen LogP contribution in [0.4, 0.5) is 5.69 Å². The highest BCUT2D eigenvalue weighted by Gasteiger charge is 2.19. The van der Waals surface area contributed by atoms with Crippen LogP contribution >= 0.6 is 15.9 Å². The van der Waals surface area contributed by atoms with Crippen LogP contribution in [0.5, 0.6) is 5.75 Å². The fourth-order valence-corrected chi connectivity index (χ4v) is 3.69. The fourth-order valence-electron chi connectivity index (χ4n) is 3.43. The normalized spacial score (nSPS) is 17.1. The molecular weight excluding hydrogens is 416 g/mol. The fraction of sp³-hybridized carbons (Fsp3) is 0.435. The van der Waals surface area contributed by atoms with E-state index in [0.717, 1.165) is 29.0 Å². The van der Waals surface area contributed by atoms with Crippen LogP contribution in [0.25, 0.3) is 0 Å². The molecule has 3 rings (SSSR count). The molecule has 1 saturated heterocycles. The largest absolute Gasteiger partial charge is 0.481 e. The van der Waals surface area contributed by atoms with E-state index in [2.05, 4.69) is 57.3 Å². The van der Waals surface area contributed by atoms with Crippen molar-refractivity contribution in [2.24, 2.45) is 5.92 Å². The summed E-state index contributed by atoms with van der Waals surface area (Å²) in [6.45, 7) is 8.34. The number of halogens is 1. The molecule has 150 valence electrons. The van der Waals surface area contributed by atoms with Crippen LogP contribution in [0.1, 0.15) is 45.2 Å². The van der Waals surface area contributed by atoms with Gasteiger partial charge < -0.3 is 15.0 Å². The van der Waals surface area contributed by atoms with Gasteiger partial charge in [0, 0.05) is 23.2 Å². The zero-order valence-electron chi connectivity index (χ0n) is 16.8. The maximum atomic E-state index is 12.5. The number of amides is 1. The topological polar surface area (TPSA) is 41.6 Å². The van der Waals surface area contributed by atoms with Crippen molar-refractivity contribution < 1.29 is 9.53 Å². The second-order valence-corrected chi connectivity index (χ2v) is 8.62. The maximum absolute atomic E-state index is 12.5. The lowest BCUT2D eigenvalue weighted by Gasteiger charge is -2.32. The number of piperidine rings is 1. The Balaban J connectivity index is 1.53. The van der Waals surface area contributed by atoms with E-state index in [4.69, 9.17) is 4.74 Å². The molecule has 2 aromatic carbocycles. The van der Waals surface area contributed by atoms with Crippen LogP contribution in [0, 0.1) is 5.92 Å². The monoisotopic (exact) mass is 444 g/mol. The highest BCUT2D eigenvalue weighted by atomic mass is 79.9. The summed E-state index contributed by atoms with van der Waals surface area (Å²) in [6.07, 6.45) is 1.95. The van der Waals surface area contributed by atoms with E-state index in [-0.39, 0.29) is 11.9 Å². The molecule has 0 spiro atoms. The van der Waals surface area contributed by atoms with Crippen molar-refractivity contribution in [2.75, 3.05) is 18.0 Å². The third-order valence-corrected chi connectivity index (χ3v) is 5.93. The summed E-state index contributed by atoms with van der Waals surface area (Å²) in [6, 6.07) is 16.0. The van der Waals surface area contributed by atoms with Crippen molar-refractivity contribution in [3.63, 3.8) is 0 Å². The van der Waals surface area contributed by atoms with Crippen LogP contribution in [-0.4, -0.2) is 25.1 Å². The number of hydrogen-bond acceptors (Lipinski definition) is 3. The van der Waals surface area contributed by atoms with Crippen LogP contribution < -0.4 is 15.0 Å². The van der Waals surface area contributed by atoms with E-state index >= 15 is 0 Å². The molecule has 5 heteroatoms. The summed E-state index contributed by atoms with van der Waals surface area (Å²) in [5, 5.41) is 3.05. The van der Waals surface area contributed by atoms with E-state index in [1.54, 1.807) is 6.92 Å². The van der Waals surface area contributed by atoms with Gasteiger partial charge in [0.25, 0.3) is 5.91 Å². The number of nitrogens with one attached hydrogen (secondary N) is 1. The number of nitrogens with zero attached hydrogens (tertiary/aromatic N) is 1. The summed E-state index contributed by atoms with van der Waals surface area (Å²) < 4.78 is 6.72. The Bertz CT molecular complexity index is 768. The van der Waals surface area contributed by atoms with Gasteiger partial charge in [0.05, 0.1) is 6.04 Å². The van der Waals surface area contributed by atoms with Gasteiger partial charge in [-0.1, -0.05) is 35.0 Å². The molecule has 4 nitrogen and oxygen atoms in total. The molecule has 1 fully saturated rings. The predicted octanol–water partition coefficient (Wildman–Crippen LogP) is 5.33. The molecule has 28 heavy (non-hydrogen) atoms. The third-order valence-electron chi connectivity index (χ3n) is 5.40. The zero-order valence-corrected chi connectivity index (χ0v) is 18.4. The summed E-state index contributed by atoms with van der Waals surface area (Å²) in [7, 11) is 0. The Morgan fingerprint density at radius 1 is 1.07 bits per heavy atom. The van der Waals surface area contributed by atoms with E-state index in [1.807, 2.05) is 31.2 Å². The molecule has 1 N–H and O–H groups in total. The second-order valence-electron chi connectivity index (χ2n) is 7.71. The Hall–Kier alpha value is -2.01. The standard InChI is InChI=1S/C23H29BrN2O2/c1-16-12-14-26(15-13-16)21-8-4-19(5-9-21)17(2)25-23(27)18(3)28-22-10-6-20(24)7-11-22/h4-11,16-18H,12-15H2,1-3H3,(H,25,27)/t17-,18+/m1/s1. The van der Waals surface area contributed by atoms with E-state index < -0.39 is 6.10 Å². The Labute approximate surface area is 176 Å². The highest BCUT2D eigenvalue weighted by molar-refractivity contribution is 9.10. The Morgan fingerprint density at radius 3 is 2.29 bits per heavy atom. The Kier molecular flexibility index (Phi) is 7.00. The predicted molar refractivity (Wildman–Crippen MR) is 118 cm³/mol. The van der Waals surface area contributed by atoms with Crippen LogP contribution in [0.2, 0.25) is 0 Å². The van der Waals surface area contributed by atoms with Gasteiger partial charge >= 0.3 is 0 Å². The summed E-state index contributed by atoms with van der Waals surface area (Å²) in [5.41, 5.74) is 2.36. The van der Waals surface area contributed by atoms with Crippen molar-refractivity contribution in [3.05, 3.63) is 58.6 Å². The quantitative estimate of drug-likeness (QED) is 0.654. The lowest BCUT2D eigenvalue weighted by atomic mass is 9.98. The van der Waals surface area contributed by atoms with Crippen molar-refractivity contribution in [1.29, 1.82) is 0 Å². The molecule has 0 saturated carbocycles. The van der Waals surface area contributed by atoms with E-state index in [9.17, 15) is 4.79 Å². The van der Waals surface area contributed by atoms with Crippen LogP contribution in [0.3, 0.4) is 0 Å². The third kappa shape index (κ3) is 5.51.